The highest BCUT2D eigenvalue weighted by Crippen LogP contribution is 2.30. The number of nitrogens with zero attached hydrogens (tertiary/aromatic N) is 1. The molecule has 0 unspecified atom stereocenters. The largest absolute Gasteiger partial charge is 0.506 e. The zero-order valence-electron chi connectivity index (χ0n) is 7.02. The zero-order valence-corrected chi connectivity index (χ0v) is 7.78. The van der Waals surface area contributed by atoms with Gasteiger partial charge in [0.2, 0.25) is 0 Å². The lowest BCUT2D eigenvalue weighted by atomic mass is 10.1. The lowest BCUT2D eigenvalue weighted by Gasteiger charge is -2.05. The first-order chi connectivity index (χ1) is 6.57. The van der Waals surface area contributed by atoms with Gasteiger partial charge in [-0.05, 0) is 6.42 Å². The molecule has 74 valence electrons. The Balaban J connectivity index is 3.17. The van der Waals surface area contributed by atoms with Crippen LogP contribution in [0.4, 0.5) is 8.78 Å². The molecule has 1 aromatic carbocycles. The Bertz CT molecular complexity index is 401. The minimum absolute atomic E-state index is 0.00502. The molecular weight excluding hydrogens is 212 g/mol. The Morgan fingerprint density at radius 1 is 1.50 bits per heavy atom. The topological polar surface area (TPSA) is 44.0 Å². The van der Waals surface area contributed by atoms with Crippen molar-refractivity contribution in [3.8, 4) is 11.8 Å². The van der Waals surface area contributed by atoms with E-state index >= 15 is 0 Å². The first-order valence-corrected chi connectivity index (χ1v) is 4.18. The van der Waals surface area contributed by atoms with Crippen molar-refractivity contribution in [1.82, 2.24) is 0 Å². The highest BCUT2D eigenvalue weighted by atomic mass is 35.5. The van der Waals surface area contributed by atoms with Gasteiger partial charge in [-0.15, -0.1) is 0 Å². The predicted octanol–water partition coefficient (Wildman–Crippen LogP) is 2.78. The van der Waals surface area contributed by atoms with Gasteiger partial charge in [0.15, 0.2) is 5.82 Å². The number of phenols is 1. The van der Waals surface area contributed by atoms with Crippen molar-refractivity contribution >= 4 is 11.6 Å². The third kappa shape index (κ3) is 1.94. The quantitative estimate of drug-likeness (QED) is 0.775. The molecule has 0 aromatic heterocycles. The van der Waals surface area contributed by atoms with Crippen molar-refractivity contribution in [2.75, 3.05) is 0 Å². The van der Waals surface area contributed by atoms with Gasteiger partial charge in [-0.1, -0.05) is 11.6 Å². The number of hydrogen-bond donors (Lipinski definition) is 1. The van der Waals surface area contributed by atoms with Crippen LogP contribution in [-0.4, -0.2) is 5.11 Å². The number of benzene rings is 1. The van der Waals surface area contributed by atoms with Crippen LogP contribution in [0.15, 0.2) is 6.07 Å². The van der Waals surface area contributed by atoms with E-state index in [1.807, 2.05) is 0 Å². The van der Waals surface area contributed by atoms with Crippen molar-refractivity contribution in [3.05, 3.63) is 28.3 Å². The number of halogens is 3. The molecule has 0 aliphatic rings. The Kier molecular flexibility index (Phi) is 3.26. The van der Waals surface area contributed by atoms with Gasteiger partial charge in [0.25, 0.3) is 0 Å². The molecule has 0 aliphatic carbocycles. The molecule has 0 bridgehead atoms. The average Bonchev–Trinajstić information content (AvgIpc) is 2.14. The molecule has 5 heteroatoms. The van der Waals surface area contributed by atoms with Gasteiger partial charge < -0.3 is 5.11 Å². The van der Waals surface area contributed by atoms with Gasteiger partial charge >= 0.3 is 0 Å². The summed E-state index contributed by atoms with van der Waals surface area (Å²) in [5.74, 6) is -2.53. The second kappa shape index (κ2) is 4.25. The maximum atomic E-state index is 13.2. The maximum absolute atomic E-state index is 13.2. The molecule has 0 spiro atoms. The first-order valence-electron chi connectivity index (χ1n) is 3.80. The van der Waals surface area contributed by atoms with Crippen LogP contribution in [0.5, 0.6) is 5.75 Å². The summed E-state index contributed by atoms with van der Waals surface area (Å²) >= 11 is 5.36. The van der Waals surface area contributed by atoms with Crippen molar-refractivity contribution in [1.29, 1.82) is 5.26 Å². The highest BCUT2D eigenvalue weighted by Gasteiger charge is 2.16. The molecule has 0 fully saturated rings. The fourth-order valence-corrected chi connectivity index (χ4v) is 1.20. The number of phenolic OH excluding ortho intramolecular Hbond substituents is 1. The summed E-state index contributed by atoms with van der Waals surface area (Å²) in [6.45, 7) is 0. The maximum Gasteiger partial charge on any atom is 0.151 e. The van der Waals surface area contributed by atoms with Crippen LogP contribution in [0.1, 0.15) is 12.0 Å². The van der Waals surface area contributed by atoms with Crippen molar-refractivity contribution in [3.63, 3.8) is 0 Å². The van der Waals surface area contributed by atoms with Crippen LogP contribution < -0.4 is 0 Å². The van der Waals surface area contributed by atoms with Crippen LogP contribution >= 0.6 is 11.6 Å². The SMILES string of the molecule is N#CCCc1c(F)cc(O)c(Cl)c1F. The molecule has 0 radical (unpaired) electrons. The summed E-state index contributed by atoms with van der Waals surface area (Å²) < 4.78 is 26.3. The molecule has 0 amide bonds. The minimum Gasteiger partial charge on any atom is -0.506 e. The Morgan fingerprint density at radius 2 is 2.14 bits per heavy atom. The van der Waals surface area contributed by atoms with Gasteiger partial charge in [0, 0.05) is 18.1 Å². The van der Waals surface area contributed by atoms with Crippen LogP contribution in [-0.2, 0) is 6.42 Å². The Hall–Kier alpha value is -1.34. The standard InChI is InChI=1S/C9H6ClF2NO/c10-8-7(14)4-6(11)5(9(8)12)2-1-3-13/h4,14H,1-2H2. The Labute approximate surface area is 84.3 Å². The molecule has 0 atom stereocenters. The average molecular weight is 218 g/mol. The van der Waals surface area contributed by atoms with E-state index in [1.54, 1.807) is 6.07 Å². The second-order valence-electron chi connectivity index (χ2n) is 2.64. The van der Waals surface area contributed by atoms with E-state index in [1.165, 1.54) is 0 Å². The zero-order chi connectivity index (χ0) is 10.7. The molecule has 14 heavy (non-hydrogen) atoms. The third-order valence-corrected chi connectivity index (χ3v) is 2.08. The number of aromatic hydroxyl groups is 1. The molecule has 0 saturated heterocycles. The van der Waals surface area contributed by atoms with Crippen molar-refractivity contribution < 1.29 is 13.9 Å². The van der Waals surface area contributed by atoms with E-state index < -0.39 is 22.4 Å². The summed E-state index contributed by atoms with van der Waals surface area (Å²) in [7, 11) is 0. The van der Waals surface area contributed by atoms with Gasteiger partial charge in [-0.25, -0.2) is 8.78 Å². The lowest BCUT2D eigenvalue weighted by Crippen LogP contribution is -1.96. The highest BCUT2D eigenvalue weighted by molar-refractivity contribution is 6.32. The summed E-state index contributed by atoms with van der Waals surface area (Å²) in [5.41, 5.74) is -0.269. The van der Waals surface area contributed by atoms with E-state index in [9.17, 15) is 8.78 Å². The van der Waals surface area contributed by atoms with Crippen molar-refractivity contribution in [2.24, 2.45) is 0 Å². The van der Waals surface area contributed by atoms with Gasteiger partial charge in [-0.3, -0.25) is 0 Å². The van der Waals surface area contributed by atoms with Crippen LogP contribution in [0.3, 0.4) is 0 Å². The fraction of sp³-hybridized carbons (Fsp3) is 0.222. The van der Waals surface area contributed by atoms with E-state index in [-0.39, 0.29) is 18.4 Å². The molecular formula is C9H6ClF2NO. The molecule has 0 saturated carbocycles. The molecule has 2 nitrogen and oxygen atoms in total. The smallest absolute Gasteiger partial charge is 0.151 e. The predicted molar refractivity (Wildman–Crippen MR) is 47.0 cm³/mol. The van der Waals surface area contributed by atoms with Crippen LogP contribution in [0, 0.1) is 23.0 Å². The summed E-state index contributed by atoms with van der Waals surface area (Å²) in [4.78, 5) is 0. The lowest BCUT2D eigenvalue weighted by molar-refractivity contribution is 0.457. The van der Waals surface area contributed by atoms with Gasteiger partial charge in [0.05, 0.1) is 6.07 Å². The third-order valence-electron chi connectivity index (χ3n) is 1.72. The summed E-state index contributed by atoms with van der Waals surface area (Å²) in [5, 5.41) is 16.7. The van der Waals surface area contributed by atoms with E-state index in [4.69, 9.17) is 22.0 Å². The molecule has 1 N–H and O–H groups in total. The van der Waals surface area contributed by atoms with E-state index in [2.05, 4.69) is 0 Å². The number of nitriles is 1. The fourth-order valence-electron chi connectivity index (χ4n) is 1.03. The normalized spacial score (nSPS) is 9.86. The molecule has 0 aliphatic heterocycles. The number of hydrogen-bond acceptors (Lipinski definition) is 2. The second-order valence-corrected chi connectivity index (χ2v) is 3.02. The van der Waals surface area contributed by atoms with Crippen LogP contribution in [0.2, 0.25) is 5.02 Å². The Morgan fingerprint density at radius 3 is 2.71 bits per heavy atom. The monoisotopic (exact) mass is 217 g/mol. The summed E-state index contributed by atoms with van der Waals surface area (Å²) in [6, 6.07) is 2.50. The minimum atomic E-state index is -1.00. The van der Waals surface area contributed by atoms with Gasteiger partial charge in [0.1, 0.15) is 16.6 Å². The van der Waals surface area contributed by atoms with Gasteiger partial charge in [-0.2, -0.15) is 5.26 Å². The van der Waals surface area contributed by atoms with E-state index in [0.29, 0.717) is 0 Å². The summed E-state index contributed by atoms with van der Waals surface area (Å²) in [6.07, 6.45) is -0.0664. The molecule has 0 heterocycles. The first kappa shape index (κ1) is 10.7. The molecule has 1 rings (SSSR count). The van der Waals surface area contributed by atoms with Crippen molar-refractivity contribution in [2.45, 2.75) is 12.8 Å². The van der Waals surface area contributed by atoms with Crippen LogP contribution in [0.25, 0.3) is 0 Å². The molecule has 1 aromatic rings. The number of rotatable bonds is 2. The van der Waals surface area contributed by atoms with E-state index in [0.717, 1.165) is 6.07 Å².